The lowest BCUT2D eigenvalue weighted by molar-refractivity contribution is -0.191. The summed E-state index contributed by atoms with van der Waals surface area (Å²) in [5, 5.41) is 19.6. The average Bonchev–Trinajstić information content (AvgIpc) is 2.80. The zero-order valence-electron chi connectivity index (χ0n) is 13.3. The van der Waals surface area contributed by atoms with E-state index in [2.05, 4.69) is 4.98 Å². The van der Waals surface area contributed by atoms with Crippen molar-refractivity contribution >= 4 is 0 Å². The zero-order valence-corrected chi connectivity index (χ0v) is 13.3. The number of hydrogen-bond acceptors (Lipinski definition) is 7. The van der Waals surface area contributed by atoms with Crippen LogP contribution in [0.5, 0.6) is 0 Å². The van der Waals surface area contributed by atoms with Crippen molar-refractivity contribution in [3.8, 4) is 0 Å². The largest absolute Gasteiger partial charge is 0.394 e. The van der Waals surface area contributed by atoms with Crippen LogP contribution in [0.2, 0.25) is 0 Å². The molecule has 0 spiro atoms. The first-order chi connectivity index (χ1) is 10.9. The third-order valence-electron chi connectivity index (χ3n) is 3.66. The van der Waals surface area contributed by atoms with Gasteiger partial charge in [-0.1, -0.05) is 0 Å². The third kappa shape index (κ3) is 3.70. The van der Waals surface area contributed by atoms with Gasteiger partial charge < -0.3 is 24.4 Å². The van der Waals surface area contributed by atoms with Crippen LogP contribution in [0.4, 0.5) is 0 Å². The molecular formula is C14H22N2O7. The standard InChI is InChI=1S/C14H22N2O7/c1-4-21-8(3)22-11-10(18)9(6-17)23-13(11)16-5-7(2)12(19)15-14(16)20/h5,8-11,13,17-18H,4,6H2,1-3H3,(H,15,19,20)/t8?,9-,10-,11-,13-/m1/s1. The fourth-order valence-electron chi connectivity index (χ4n) is 2.51. The van der Waals surface area contributed by atoms with Crippen molar-refractivity contribution in [2.24, 2.45) is 0 Å². The van der Waals surface area contributed by atoms with Crippen LogP contribution in [0.25, 0.3) is 0 Å². The fourth-order valence-corrected chi connectivity index (χ4v) is 2.51. The second-order valence-corrected chi connectivity index (χ2v) is 5.34. The van der Waals surface area contributed by atoms with Gasteiger partial charge >= 0.3 is 5.69 Å². The van der Waals surface area contributed by atoms with E-state index in [1.54, 1.807) is 20.8 Å². The van der Waals surface area contributed by atoms with E-state index in [9.17, 15) is 19.8 Å². The van der Waals surface area contributed by atoms with Crippen LogP contribution in [0.3, 0.4) is 0 Å². The molecule has 3 N–H and O–H groups in total. The molecule has 0 bridgehead atoms. The predicted molar refractivity (Wildman–Crippen MR) is 79.0 cm³/mol. The number of ether oxygens (including phenoxy) is 3. The van der Waals surface area contributed by atoms with Crippen molar-refractivity contribution in [2.45, 2.75) is 51.6 Å². The number of aromatic amines is 1. The van der Waals surface area contributed by atoms with Gasteiger partial charge in [0.05, 0.1) is 6.61 Å². The van der Waals surface area contributed by atoms with Gasteiger partial charge in [0.15, 0.2) is 12.5 Å². The number of H-pyrrole nitrogens is 1. The summed E-state index contributed by atoms with van der Waals surface area (Å²) in [4.78, 5) is 25.7. The summed E-state index contributed by atoms with van der Waals surface area (Å²) in [6.07, 6.45) is -3.28. The van der Waals surface area contributed by atoms with Gasteiger partial charge in [0.25, 0.3) is 5.56 Å². The van der Waals surface area contributed by atoms with E-state index in [1.165, 1.54) is 6.20 Å². The molecule has 0 aliphatic carbocycles. The van der Waals surface area contributed by atoms with Gasteiger partial charge in [-0.2, -0.15) is 0 Å². The molecule has 9 heteroatoms. The van der Waals surface area contributed by atoms with Crippen LogP contribution in [0.1, 0.15) is 25.6 Å². The Balaban J connectivity index is 2.35. The Kier molecular flexibility index (Phi) is 5.71. The summed E-state index contributed by atoms with van der Waals surface area (Å²) >= 11 is 0. The summed E-state index contributed by atoms with van der Waals surface area (Å²) in [6, 6.07) is 0. The highest BCUT2D eigenvalue weighted by Crippen LogP contribution is 2.31. The van der Waals surface area contributed by atoms with Crippen molar-refractivity contribution in [1.82, 2.24) is 9.55 Å². The fraction of sp³-hybridized carbons (Fsp3) is 0.714. The Bertz CT molecular complexity index is 641. The van der Waals surface area contributed by atoms with E-state index in [0.29, 0.717) is 12.2 Å². The first-order valence-electron chi connectivity index (χ1n) is 7.42. The molecule has 0 aromatic carbocycles. The molecule has 1 fully saturated rings. The van der Waals surface area contributed by atoms with E-state index in [0.717, 1.165) is 4.57 Å². The van der Waals surface area contributed by atoms with Gasteiger partial charge in [-0.15, -0.1) is 0 Å². The van der Waals surface area contributed by atoms with Crippen molar-refractivity contribution in [1.29, 1.82) is 0 Å². The van der Waals surface area contributed by atoms with Crippen molar-refractivity contribution in [3.63, 3.8) is 0 Å². The van der Waals surface area contributed by atoms with Gasteiger partial charge in [0.1, 0.15) is 18.3 Å². The number of aliphatic hydroxyl groups is 2. The zero-order chi connectivity index (χ0) is 17.1. The molecule has 1 aromatic heterocycles. The quantitative estimate of drug-likeness (QED) is 0.564. The van der Waals surface area contributed by atoms with Gasteiger partial charge in [0.2, 0.25) is 0 Å². The van der Waals surface area contributed by atoms with Crippen LogP contribution in [-0.2, 0) is 14.2 Å². The van der Waals surface area contributed by atoms with E-state index in [-0.39, 0.29) is 0 Å². The highest BCUT2D eigenvalue weighted by atomic mass is 16.7. The van der Waals surface area contributed by atoms with Crippen LogP contribution >= 0.6 is 0 Å². The van der Waals surface area contributed by atoms with Gasteiger partial charge in [0, 0.05) is 18.4 Å². The van der Waals surface area contributed by atoms with Crippen LogP contribution in [0.15, 0.2) is 15.8 Å². The second-order valence-electron chi connectivity index (χ2n) is 5.34. The third-order valence-corrected chi connectivity index (χ3v) is 3.66. The first kappa shape index (κ1) is 17.8. The summed E-state index contributed by atoms with van der Waals surface area (Å²) < 4.78 is 17.6. The van der Waals surface area contributed by atoms with E-state index < -0.39 is 48.7 Å². The molecule has 0 saturated carbocycles. The number of hydrogen-bond donors (Lipinski definition) is 3. The topological polar surface area (TPSA) is 123 Å². The van der Waals surface area contributed by atoms with Crippen molar-refractivity contribution < 1.29 is 24.4 Å². The van der Waals surface area contributed by atoms with E-state index in [4.69, 9.17) is 14.2 Å². The summed E-state index contributed by atoms with van der Waals surface area (Å²) in [5.74, 6) is 0. The van der Waals surface area contributed by atoms with Crippen LogP contribution in [0, 0.1) is 6.92 Å². The number of aliphatic hydroxyl groups excluding tert-OH is 2. The number of nitrogens with zero attached hydrogens (tertiary/aromatic N) is 1. The summed E-state index contributed by atoms with van der Waals surface area (Å²) in [6.45, 7) is 4.97. The maximum atomic E-state index is 12.0. The minimum absolute atomic E-state index is 0.312. The van der Waals surface area contributed by atoms with Gasteiger partial charge in [-0.3, -0.25) is 14.3 Å². The molecule has 1 unspecified atom stereocenters. The molecule has 1 saturated heterocycles. The number of aryl methyl sites for hydroxylation is 1. The molecule has 2 heterocycles. The highest BCUT2D eigenvalue weighted by molar-refractivity contribution is 5.03. The van der Waals surface area contributed by atoms with Gasteiger partial charge in [-0.05, 0) is 20.8 Å². The predicted octanol–water partition coefficient (Wildman–Crippen LogP) is -1.14. The van der Waals surface area contributed by atoms with Crippen LogP contribution in [-0.4, -0.2) is 57.6 Å². The second kappa shape index (κ2) is 7.37. The molecule has 2 rings (SSSR count). The smallest absolute Gasteiger partial charge is 0.330 e. The Hall–Kier alpha value is -1.52. The minimum atomic E-state index is -1.15. The lowest BCUT2D eigenvalue weighted by Gasteiger charge is -2.25. The number of rotatable bonds is 6. The monoisotopic (exact) mass is 330 g/mol. The highest BCUT2D eigenvalue weighted by Gasteiger charge is 2.46. The molecule has 9 nitrogen and oxygen atoms in total. The Morgan fingerprint density at radius 1 is 1.48 bits per heavy atom. The summed E-state index contributed by atoms with van der Waals surface area (Å²) in [5.41, 5.74) is -0.871. The normalized spacial score (nSPS) is 28.9. The molecule has 1 aliphatic rings. The first-order valence-corrected chi connectivity index (χ1v) is 7.42. The molecule has 5 atom stereocenters. The Morgan fingerprint density at radius 3 is 2.78 bits per heavy atom. The lowest BCUT2D eigenvalue weighted by Crippen LogP contribution is -2.41. The molecule has 1 aliphatic heterocycles. The number of nitrogens with one attached hydrogen (secondary N) is 1. The van der Waals surface area contributed by atoms with Crippen molar-refractivity contribution in [2.75, 3.05) is 13.2 Å². The number of aromatic nitrogens is 2. The van der Waals surface area contributed by atoms with E-state index in [1.807, 2.05) is 0 Å². The average molecular weight is 330 g/mol. The molecular weight excluding hydrogens is 308 g/mol. The Labute approximate surface area is 132 Å². The molecule has 0 radical (unpaired) electrons. The summed E-state index contributed by atoms with van der Waals surface area (Å²) in [7, 11) is 0. The maximum absolute atomic E-state index is 12.0. The molecule has 1 aromatic rings. The molecule has 0 amide bonds. The van der Waals surface area contributed by atoms with E-state index >= 15 is 0 Å². The van der Waals surface area contributed by atoms with Crippen molar-refractivity contribution in [3.05, 3.63) is 32.6 Å². The SMILES string of the molecule is CCOC(C)O[C@@H]1[C@H](O)[C@@H](CO)O[C@H]1n1cc(C)c(=O)[nH]c1=O. The minimum Gasteiger partial charge on any atom is -0.394 e. The van der Waals surface area contributed by atoms with Gasteiger partial charge in [-0.25, -0.2) is 4.79 Å². The Morgan fingerprint density at radius 2 is 2.17 bits per heavy atom. The lowest BCUT2D eigenvalue weighted by atomic mass is 10.1. The maximum Gasteiger partial charge on any atom is 0.330 e. The van der Waals surface area contributed by atoms with Crippen LogP contribution < -0.4 is 11.2 Å². The molecule has 130 valence electrons. The molecule has 23 heavy (non-hydrogen) atoms.